The van der Waals surface area contributed by atoms with Crippen LogP contribution in [0.15, 0.2) is 18.2 Å². The molecule has 0 fully saturated rings. The third kappa shape index (κ3) is 3.68. The topological polar surface area (TPSA) is 55.1 Å². The van der Waals surface area contributed by atoms with Gasteiger partial charge in [0.2, 0.25) is 0 Å². The zero-order chi connectivity index (χ0) is 12.8. The predicted octanol–water partition coefficient (Wildman–Crippen LogP) is 2.34. The molecule has 0 heterocycles. The van der Waals surface area contributed by atoms with Crippen LogP contribution in [0, 0.1) is 5.82 Å². The van der Waals surface area contributed by atoms with Gasteiger partial charge in [0.1, 0.15) is 0 Å². The average Bonchev–Trinajstić information content (AvgIpc) is 2.31. The Kier molecular flexibility index (Phi) is 5.38. The Bertz CT molecular complexity index is 398. The van der Waals surface area contributed by atoms with Crippen LogP contribution in [0.5, 0.6) is 0 Å². The number of halogens is 2. The molecule has 1 atom stereocenters. The van der Waals surface area contributed by atoms with E-state index in [0.29, 0.717) is 6.54 Å². The maximum atomic E-state index is 13.6. The third-order valence-corrected chi connectivity index (χ3v) is 2.75. The summed E-state index contributed by atoms with van der Waals surface area (Å²) in [5.41, 5.74) is 5.47. The number of carbonyl (C=O) groups is 1. The molecule has 0 aliphatic heterocycles. The first-order valence-corrected chi connectivity index (χ1v) is 5.92. The van der Waals surface area contributed by atoms with Crippen LogP contribution in [0.2, 0.25) is 5.02 Å². The lowest BCUT2D eigenvalue weighted by Gasteiger charge is -2.16. The summed E-state index contributed by atoms with van der Waals surface area (Å²) in [7, 11) is 0. The van der Waals surface area contributed by atoms with Crippen molar-refractivity contribution in [1.82, 2.24) is 5.32 Å². The molecular weight excluding hydrogens is 243 g/mol. The quantitative estimate of drug-likeness (QED) is 0.852. The fourth-order valence-corrected chi connectivity index (χ4v) is 1.71. The lowest BCUT2D eigenvalue weighted by atomic mass is 10.1. The number of hydrogen-bond acceptors (Lipinski definition) is 2. The standard InChI is InChI=1S/C12H16ClFN2O/c1-2-4-8(7-15)16-12(17)9-5-3-6-10(13)11(9)14/h3,5-6,8H,2,4,7,15H2,1H3,(H,16,17). The Balaban J connectivity index is 2.79. The van der Waals surface area contributed by atoms with E-state index in [4.69, 9.17) is 17.3 Å². The molecule has 0 aliphatic rings. The van der Waals surface area contributed by atoms with Crippen molar-refractivity contribution in [2.75, 3.05) is 6.54 Å². The first kappa shape index (κ1) is 13.9. The zero-order valence-corrected chi connectivity index (χ0v) is 10.4. The monoisotopic (exact) mass is 258 g/mol. The molecule has 3 nitrogen and oxygen atoms in total. The summed E-state index contributed by atoms with van der Waals surface area (Å²) in [6, 6.07) is 4.21. The van der Waals surface area contributed by atoms with E-state index in [1.807, 2.05) is 6.92 Å². The molecule has 0 bridgehead atoms. The van der Waals surface area contributed by atoms with Gasteiger partial charge in [0.05, 0.1) is 10.6 Å². The molecule has 1 amide bonds. The summed E-state index contributed by atoms with van der Waals surface area (Å²) < 4.78 is 13.6. The summed E-state index contributed by atoms with van der Waals surface area (Å²) in [5.74, 6) is -1.17. The lowest BCUT2D eigenvalue weighted by molar-refractivity contribution is 0.0932. The van der Waals surface area contributed by atoms with Crippen LogP contribution in [-0.2, 0) is 0 Å². The van der Waals surface area contributed by atoms with Crippen molar-refractivity contribution in [3.8, 4) is 0 Å². The Labute approximate surface area is 105 Å². The Morgan fingerprint density at radius 1 is 1.59 bits per heavy atom. The molecule has 5 heteroatoms. The van der Waals surface area contributed by atoms with Crippen LogP contribution in [-0.4, -0.2) is 18.5 Å². The second-order valence-electron chi connectivity index (χ2n) is 3.80. The van der Waals surface area contributed by atoms with Crippen LogP contribution in [0.4, 0.5) is 4.39 Å². The maximum Gasteiger partial charge on any atom is 0.254 e. The number of hydrogen-bond donors (Lipinski definition) is 2. The summed E-state index contributed by atoms with van der Waals surface area (Å²) in [6.45, 7) is 2.33. The maximum absolute atomic E-state index is 13.6. The van der Waals surface area contributed by atoms with Gasteiger partial charge in [-0.15, -0.1) is 0 Å². The zero-order valence-electron chi connectivity index (χ0n) is 9.67. The van der Waals surface area contributed by atoms with Gasteiger partial charge in [0.15, 0.2) is 5.82 Å². The third-order valence-electron chi connectivity index (χ3n) is 2.45. The minimum absolute atomic E-state index is 0.0490. The Morgan fingerprint density at radius 3 is 2.88 bits per heavy atom. The van der Waals surface area contributed by atoms with Gasteiger partial charge in [-0.3, -0.25) is 4.79 Å². The Morgan fingerprint density at radius 2 is 2.29 bits per heavy atom. The number of carbonyl (C=O) groups excluding carboxylic acids is 1. The molecular formula is C12H16ClFN2O. The molecule has 94 valence electrons. The van der Waals surface area contributed by atoms with Gasteiger partial charge in [-0.05, 0) is 18.6 Å². The lowest BCUT2D eigenvalue weighted by Crippen LogP contribution is -2.40. The molecule has 1 aromatic carbocycles. The largest absolute Gasteiger partial charge is 0.348 e. The molecule has 17 heavy (non-hydrogen) atoms. The summed E-state index contributed by atoms with van der Waals surface area (Å²) >= 11 is 5.61. The van der Waals surface area contributed by atoms with Crippen molar-refractivity contribution in [1.29, 1.82) is 0 Å². The SMILES string of the molecule is CCCC(CN)NC(=O)c1cccc(Cl)c1F. The fourth-order valence-electron chi connectivity index (χ4n) is 1.54. The van der Waals surface area contributed by atoms with Gasteiger partial charge in [0, 0.05) is 12.6 Å². The van der Waals surface area contributed by atoms with Crippen molar-refractivity contribution in [2.24, 2.45) is 5.73 Å². The van der Waals surface area contributed by atoms with Crippen molar-refractivity contribution >= 4 is 17.5 Å². The highest BCUT2D eigenvalue weighted by molar-refractivity contribution is 6.31. The fraction of sp³-hybridized carbons (Fsp3) is 0.417. The van der Waals surface area contributed by atoms with Crippen LogP contribution < -0.4 is 11.1 Å². The van der Waals surface area contributed by atoms with E-state index < -0.39 is 11.7 Å². The first-order valence-electron chi connectivity index (χ1n) is 5.55. The van der Waals surface area contributed by atoms with Crippen LogP contribution in [0.25, 0.3) is 0 Å². The molecule has 1 unspecified atom stereocenters. The molecule has 0 aromatic heterocycles. The highest BCUT2D eigenvalue weighted by Crippen LogP contribution is 2.17. The summed E-state index contributed by atoms with van der Waals surface area (Å²) in [6.07, 6.45) is 1.67. The highest BCUT2D eigenvalue weighted by atomic mass is 35.5. The van der Waals surface area contributed by atoms with E-state index in [1.54, 1.807) is 0 Å². The van der Waals surface area contributed by atoms with E-state index in [2.05, 4.69) is 5.32 Å². The molecule has 0 radical (unpaired) electrons. The van der Waals surface area contributed by atoms with Crippen molar-refractivity contribution < 1.29 is 9.18 Å². The van der Waals surface area contributed by atoms with E-state index in [1.165, 1.54) is 18.2 Å². The van der Waals surface area contributed by atoms with Gasteiger partial charge in [-0.1, -0.05) is 31.0 Å². The van der Waals surface area contributed by atoms with E-state index >= 15 is 0 Å². The van der Waals surface area contributed by atoms with E-state index in [9.17, 15) is 9.18 Å². The smallest absolute Gasteiger partial charge is 0.254 e. The van der Waals surface area contributed by atoms with Gasteiger partial charge in [0.25, 0.3) is 5.91 Å². The van der Waals surface area contributed by atoms with Crippen LogP contribution >= 0.6 is 11.6 Å². The van der Waals surface area contributed by atoms with Gasteiger partial charge in [-0.2, -0.15) is 0 Å². The van der Waals surface area contributed by atoms with Gasteiger partial charge < -0.3 is 11.1 Å². The first-order chi connectivity index (χ1) is 8.10. The van der Waals surface area contributed by atoms with Crippen molar-refractivity contribution in [2.45, 2.75) is 25.8 Å². The number of amides is 1. The second kappa shape index (κ2) is 6.57. The molecule has 0 saturated heterocycles. The molecule has 0 spiro atoms. The summed E-state index contributed by atoms with van der Waals surface area (Å²) in [5, 5.41) is 2.63. The van der Waals surface area contributed by atoms with E-state index in [0.717, 1.165) is 12.8 Å². The van der Waals surface area contributed by atoms with Gasteiger partial charge in [-0.25, -0.2) is 4.39 Å². The van der Waals surface area contributed by atoms with Crippen LogP contribution in [0.3, 0.4) is 0 Å². The number of benzene rings is 1. The highest BCUT2D eigenvalue weighted by Gasteiger charge is 2.16. The molecule has 0 saturated carbocycles. The molecule has 0 aliphatic carbocycles. The normalized spacial score (nSPS) is 12.2. The number of nitrogens with one attached hydrogen (secondary N) is 1. The second-order valence-corrected chi connectivity index (χ2v) is 4.20. The van der Waals surface area contributed by atoms with Crippen molar-refractivity contribution in [3.63, 3.8) is 0 Å². The van der Waals surface area contributed by atoms with E-state index in [-0.39, 0.29) is 16.6 Å². The minimum Gasteiger partial charge on any atom is -0.348 e. The van der Waals surface area contributed by atoms with Crippen molar-refractivity contribution in [3.05, 3.63) is 34.6 Å². The molecule has 3 N–H and O–H groups in total. The Hall–Kier alpha value is -1.13. The van der Waals surface area contributed by atoms with Crippen LogP contribution in [0.1, 0.15) is 30.1 Å². The average molecular weight is 259 g/mol. The molecule has 1 rings (SSSR count). The predicted molar refractivity (Wildman–Crippen MR) is 66.6 cm³/mol. The number of rotatable bonds is 5. The number of nitrogens with two attached hydrogens (primary N) is 1. The van der Waals surface area contributed by atoms with Gasteiger partial charge >= 0.3 is 0 Å². The summed E-state index contributed by atoms with van der Waals surface area (Å²) in [4.78, 5) is 11.8. The minimum atomic E-state index is -0.695. The molecule has 1 aromatic rings.